The third kappa shape index (κ3) is 3.45. The predicted octanol–water partition coefficient (Wildman–Crippen LogP) is 0.746. The number of nitrogens with zero attached hydrogens (tertiary/aromatic N) is 1. The molecule has 19 heavy (non-hydrogen) atoms. The number of carboxylic acids is 1. The van der Waals surface area contributed by atoms with E-state index < -0.39 is 5.97 Å². The average molecular weight is 295 g/mol. The van der Waals surface area contributed by atoms with Crippen molar-refractivity contribution >= 4 is 46.3 Å². The zero-order chi connectivity index (χ0) is 13.8. The Labute approximate surface area is 119 Å². The highest BCUT2D eigenvalue weighted by Gasteiger charge is 2.31. The number of carbonyl (C=O) groups excluding carboxylic acids is 2. The van der Waals surface area contributed by atoms with Gasteiger partial charge in [0.15, 0.2) is 0 Å². The van der Waals surface area contributed by atoms with Gasteiger partial charge in [-0.05, 0) is 31.1 Å². The zero-order valence-corrected chi connectivity index (χ0v) is 11.6. The van der Waals surface area contributed by atoms with E-state index in [0.29, 0.717) is 22.2 Å². The minimum atomic E-state index is -1.12. The maximum absolute atomic E-state index is 12.1. The van der Waals surface area contributed by atoms with Gasteiger partial charge in [0.1, 0.15) is 4.32 Å². The summed E-state index contributed by atoms with van der Waals surface area (Å²) in [6.07, 6.45) is 3.77. The van der Waals surface area contributed by atoms with Crippen molar-refractivity contribution in [1.29, 1.82) is 0 Å². The lowest BCUT2D eigenvalue weighted by atomic mass is 10.3. The quantitative estimate of drug-likeness (QED) is 0.640. The number of carbonyl (C=O) groups is 2. The second-order valence-electron chi connectivity index (χ2n) is 3.93. The molecule has 1 aromatic rings. The maximum atomic E-state index is 12.1. The maximum Gasteiger partial charge on any atom is 0.266 e. The SMILES string of the molecule is O=C([O-])CCCN1C(=O)/C(=C/c2ccc[nH]2)SC1=S. The molecule has 0 saturated carbocycles. The van der Waals surface area contributed by atoms with Crippen LogP contribution in [0.4, 0.5) is 0 Å². The Morgan fingerprint density at radius 3 is 3.00 bits per heavy atom. The number of hydrogen-bond acceptors (Lipinski definition) is 5. The van der Waals surface area contributed by atoms with Gasteiger partial charge in [0.25, 0.3) is 5.91 Å². The second-order valence-corrected chi connectivity index (χ2v) is 5.61. The molecule has 1 N–H and O–H groups in total. The van der Waals surface area contributed by atoms with Crippen molar-refractivity contribution in [2.75, 3.05) is 6.54 Å². The van der Waals surface area contributed by atoms with Crippen LogP contribution in [0.2, 0.25) is 0 Å². The Morgan fingerprint density at radius 1 is 1.58 bits per heavy atom. The Kier molecular flexibility index (Phi) is 4.39. The summed E-state index contributed by atoms with van der Waals surface area (Å²) in [4.78, 5) is 27.4. The zero-order valence-electron chi connectivity index (χ0n) is 9.92. The fourth-order valence-electron chi connectivity index (χ4n) is 1.65. The number of H-pyrrole nitrogens is 1. The number of rotatable bonds is 5. The highest BCUT2D eigenvalue weighted by molar-refractivity contribution is 8.26. The van der Waals surface area contributed by atoms with Crippen LogP contribution in [0.25, 0.3) is 6.08 Å². The molecule has 0 bridgehead atoms. The molecule has 0 unspecified atom stereocenters. The van der Waals surface area contributed by atoms with Crippen LogP contribution in [0.15, 0.2) is 23.2 Å². The first-order valence-corrected chi connectivity index (χ1v) is 6.89. The van der Waals surface area contributed by atoms with Crippen LogP contribution in [0.3, 0.4) is 0 Å². The van der Waals surface area contributed by atoms with Crippen molar-refractivity contribution in [3.63, 3.8) is 0 Å². The highest BCUT2D eigenvalue weighted by Crippen LogP contribution is 2.32. The van der Waals surface area contributed by atoms with Crippen molar-refractivity contribution in [2.24, 2.45) is 0 Å². The monoisotopic (exact) mass is 295 g/mol. The summed E-state index contributed by atoms with van der Waals surface area (Å²) in [5, 5.41) is 10.3. The third-order valence-corrected chi connectivity index (χ3v) is 3.92. The van der Waals surface area contributed by atoms with Crippen LogP contribution in [0.5, 0.6) is 0 Å². The van der Waals surface area contributed by atoms with E-state index in [0.717, 1.165) is 5.69 Å². The fourth-order valence-corrected chi connectivity index (χ4v) is 2.95. The molecular weight excluding hydrogens is 284 g/mol. The number of aromatic amines is 1. The van der Waals surface area contributed by atoms with Gasteiger partial charge in [-0.3, -0.25) is 9.69 Å². The van der Waals surface area contributed by atoms with Crippen molar-refractivity contribution in [1.82, 2.24) is 9.88 Å². The van der Waals surface area contributed by atoms with Gasteiger partial charge >= 0.3 is 0 Å². The molecule has 0 radical (unpaired) electrons. The number of thiocarbonyl (C=S) groups is 1. The normalized spacial score (nSPS) is 17.5. The van der Waals surface area contributed by atoms with Crippen molar-refractivity contribution < 1.29 is 14.7 Å². The summed E-state index contributed by atoms with van der Waals surface area (Å²) in [7, 11) is 0. The molecule has 0 atom stereocenters. The molecule has 1 amide bonds. The molecule has 100 valence electrons. The van der Waals surface area contributed by atoms with Gasteiger partial charge in [0.05, 0.1) is 4.91 Å². The van der Waals surface area contributed by atoms with Crippen molar-refractivity contribution in [3.8, 4) is 0 Å². The largest absolute Gasteiger partial charge is 0.550 e. The molecule has 1 aliphatic heterocycles. The van der Waals surface area contributed by atoms with Crippen LogP contribution in [0.1, 0.15) is 18.5 Å². The molecule has 0 aliphatic carbocycles. The van der Waals surface area contributed by atoms with Gasteiger partial charge < -0.3 is 14.9 Å². The second kappa shape index (κ2) is 6.03. The number of aliphatic carboxylic acids is 1. The van der Waals surface area contributed by atoms with E-state index in [-0.39, 0.29) is 12.3 Å². The van der Waals surface area contributed by atoms with Crippen LogP contribution in [0, 0.1) is 0 Å². The molecule has 0 aromatic carbocycles. The van der Waals surface area contributed by atoms with Gasteiger partial charge in [-0.15, -0.1) is 0 Å². The predicted molar refractivity (Wildman–Crippen MR) is 74.9 cm³/mol. The Balaban J connectivity index is 2.02. The fraction of sp³-hybridized carbons (Fsp3) is 0.250. The summed E-state index contributed by atoms with van der Waals surface area (Å²) >= 11 is 6.35. The van der Waals surface area contributed by atoms with Crippen molar-refractivity contribution in [3.05, 3.63) is 28.9 Å². The first kappa shape index (κ1) is 13.8. The number of aromatic nitrogens is 1. The molecule has 1 saturated heterocycles. The summed E-state index contributed by atoms with van der Waals surface area (Å²) in [5.41, 5.74) is 0.829. The number of amides is 1. The van der Waals surface area contributed by atoms with Gasteiger partial charge in [-0.25, -0.2) is 0 Å². The summed E-state index contributed by atoms with van der Waals surface area (Å²) < 4.78 is 0.459. The minimum absolute atomic E-state index is 0.0767. The first-order chi connectivity index (χ1) is 9.08. The molecule has 7 heteroatoms. The molecular formula is C12H11N2O3S2-. The Morgan fingerprint density at radius 2 is 2.37 bits per heavy atom. The van der Waals surface area contributed by atoms with Crippen LogP contribution in [-0.2, 0) is 9.59 Å². The van der Waals surface area contributed by atoms with Gasteiger partial charge in [-0.2, -0.15) is 0 Å². The lowest BCUT2D eigenvalue weighted by Crippen LogP contribution is -2.30. The van der Waals surface area contributed by atoms with E-state index in [1.165, 1.54) is 16.7 Å². The van der Waals surface area contributed by atoms with E-state index in [1.807, 2.05) is 12.1 Å². The molecule has 2 heterocycles. The first-order valence-electron chi connectivity index (χ1n) is 5.66. The van der Waals surface area contributed by atoms with Gasteiger partial charge in [-0.1, -0.05) is 24.0 Å². The van der Waals surface area contributed by atoms with E-state index in [1.54, 1.807) is 12.3 Å². The standard InChI is InChI=1S/C12H12N2O3S2/c15-10(16)4-2-6-14-11(17)9(19-12(14)18)7-8-3-1-5-13-8/h1,3,5,7,13H,2,4,6H2,(H,15,16)/p-1/b9-7-. The summed E-state index contributed by atoms with van der Waals surface area (Å²) in [6.45, 7) is 0.306. The number of thioether (sulfide) groups is 1. The topological polar surface area (TPSA) is 76.2 Å². The number of nitrogens with one attached hydrogen (secondary N) is 1. The third-order valence-electron chi connectivity index (χ3n) is 2.54. The smallest absolute Gasteiger partial charge is 0.266 e. The number of hydrogen-bond donors (Lipinski definition) is 1. The summed E-state index contributed by atoms with van der Waals surface area (Å²) in [6, 6.07) is 3.69. The lowest BCUT2D eigenvalue weighted by Gasteiger charge is -2.14. The molecule has 1 aliphatic rings. The van der Waals surface area contributed by atoms with Crippen LogP contribution >= 0.6 is 24.0 Å². The Bertz CT molecular complexity index is 537. The van der Waals surface area contributed by atoms with E-state index >= 15 is 0 Å². The molecule has 0 spiro atoms. The van der Waals surface area contributed by atoms with Crippen molar-refractivity contribution in [2.45, 2.75) is 12.8 Å². The molecule has 1 aromatic heterocycles. The number of carboxylic acid groups (broad SMARTS) is 1. The van der Waals surface area contributed by atoms with Crippen LogP contribution < -0.4 is 5.11 Å². The minimum Gasteiger partial charge on any atom is -0.550 e. The summed E-state index contributed by atoms with van der Waals surface area (Å²) in [5.74, 6) is -1.30. The molecule has 5 nitrogen and oxygen atoms in total. The highest BCUT2D eigenvalue weighted by atomic mass is 32.2. The molecule has 2 rings (SSSR count). The van der Waals surface area contributed by atoms with E-state index in [4.69, 9.17) is 12.2 Å². The Hall–Kier alpha value is -1.60. The van der Waals surface area contributed by atoms with Gasteiger partial charge in [0, 0.05) is 24.4 Å². The molecule has 1 fully saturated rings. The van der Waals surface area contributed by atoms with Crippen LogP contribution in [-0.4, -0.2) is 32.6 Å². The van der Waals surface area contributed by atoms with E-state index in [9.17, 15) is 14.7 Å². The average Bonchev–Trinajstić information content (AvgIpc) is 2.93. The lowest BCUT2D eigenvalue weighted by molar-refractivity contribution is -0.305. The van der Waals surface area contributed by atoms with E-state index in [2.05, 4.69) is 4.98 Å². The van der Waals surface area contributed by atoms with Gasteiger partial charge in [0.2, 0.25) is 0 Å².